The molecule has 0 N–H and O–H groups in total. The quantitative estimate of drug-likeness (QED) is 0.581. The molecule has 1 aromatic heterocycles. The fourth-order valence-corrected chi connectivity index (χ4v) is 5.16. The highest BCUT2D eigenvalue weighted by molar-refractivity contribution is 7.99. The molecule has 0 aliphatic carbocycles. The Morgan fingerprint density at radius 1 is 0.969 bits per heavy atom. The third-order valence-electron chi connectivity index (χ3n) is 5.73. The summed E-state index contributed by atoms with van der Waals surface area (Å²) in [5, 5.41) is 1.44. The molecule has 8 heteroatoms. The molecule has 32 heavy (non-hydrogen) atoms. The number of carbonyl (C=O) groups is 2. The Kier molecular flexibility index (Phi) is 5.76. The summed E-state index contributed by atoms with van der Waals surface area (Å²) < 4.78 is 0. The maximum absolute atomic E-state index is 13.4. The first kappa shape index (κ1) is 20.8. The Bertz CT molecular complexity index is 1160. The lowest BCUT2D eigenvalue weighted by Crippen LogP contribution is -2.52. The predicted molar refractivity (Wildman–Crippen MR) is 127 cm³/mol. The van der Waals surface area contributed by atoms with Crippen LogP contribution in [0.3, 0.4) is 0 Å². The number of fused-ring (bicyclic) bond motifs is 2. The molecule has 1 saturated heterocycles. The second-order valence-corrected chi connectivity index (χ2v) is 9.13. The first-order chi connectivity index (χ1) is 15.6. The zero-order valence-electron chi connectivity index (χ0n) is 17.3. The molecule has 0 radical (unpaired) electrons. The van der Waals surface area contributed by atoms with E-state index in [1.807, 2.05) is 53.4 Å². The van der Waals surface area contributed by atoms with Crippen LogP contribution >= 0.6 is 23.4 Å². The molecule has 1 fully saturated rings. The lowest BCUT2D eigenvalue weighted by atomic mass is 10.2. The zero-order chi connectivity index (χ0) is 22.1. The van der Waals surface area contributed by atoms with Crippen molar-refractivity contribution < 1.29 is 9.59 Å². The largest absolute Gasteiger partial charge is 0.368 e. The van der Waals surface area contributed by atoms with Gasteiger partial charge in [-0.15, -0.1) is 0 Å². The van der Waals surface area contributed by atoms with Crippen molar-refractivity contribution in [1.82, 2.24) is 9.88 Å². The minimum Gasteiger partial charge on any atom is -0.368 e. The van der Waals surface area contributed by atoms with E-state index in [2.05, 4.69) is 9.88 Å². The normalized spacial score (nSPS) is 15.8. The van der Waals surface area contributed by atoms with E-state index in [0.29, 0.717) is 29.4 Å². The van der Waals surface area contributed by atoms with Gasteiger partial charge in [0.15, 0.2) is 0 Å². The smallest absolute Gasteiger partial charge is 0.259 e. The summed E-state index contributed by atoms with van der Waals surface area (Å²) in [5.41, 5.74) is 2.36. The Balaban J connectivity index is 1.33. The van der Waals surface area contributed by atoms with E-state index in [0.717, 1.165) is 28.7 Å². The summed E-state index contributed by atoms with van der Waals surface area (Å²) in [5.74, 6) is -0.235. The molecule has 0 saturated carbocycles. The van der Waals surface area contributed by atoms with Crippen LogP contribution in [-0.4, -0.2) is 54.4 Å². The standard InChI is InChI=1S/C24H21ClN4O2S/c25-17-7-9-18(10-8-17)27-12-14-28(15-13-27)22(30)16-29-20-5-3-11-26-23(20)32-21-6-2-1-4-19(21)24(29)31/h1-11H,12-16H2. The van der Waals surface area contributed by atoms with Gasteiger partial charge in [-0.2, -0.15) is 0 Å². The second-order valence-electron chi connectivity index (χ2n) is 7.66. The van der Waals surface area contributed by atoms with E-state index in [4.69, 9.17) is 11.6 Å². The summed E-state index contributed by atoms with van der Waals surface area (Å²) in [4.78, 5) is 37.5. The Morgan fingerprint density at radius 2 is 1.72 bits per heavy atom. The van der Waals surface area contributed by atoms with Crippen LogP contribution in [0.1, 0.15) is 10.4 Å². The number of halogens is 1. The minimum absolute atomic E-state index is 0.00658. The minimum atomic E-state index is -0.173. The van der Waals surface area contributed by atoms with Crippen molar-refractivity contribution in [3.8, 4) is 0 Å². The highest BCUT2D eigenvalue weighted by Gasteiger charge is 2.31. The SMILES string of the molecule is O=C(CN1C(=O)c2ccccc2Sc2ncccc21)N1CCN(c2ccc(Cl)cc2)CC1. The molecule has 0 bridgehead atoms. The average Bonchev–Trinajstić information content (AvgIpc) is 2.94. The number of hydrogen-bond donors (Lipinski definition) is 0. The van der Waals surface area contributed by atoms with Crippen molar-refractivity contribution in [3.63, 3.8) is 0 Å². The van der Waals surface area contributed by atoms with Crippen molar-refractivity contribution >= 4 is 46.6 Å². The molecule has 2 aliphatic rings. The first-order valence-electron chi connectivity index (χ1n) is 10.4. The number of hydrogen-bond acceptors (Lipinski definition) is 5. The number of aromatic nitrogens is 1. The summed E-state index contributed by atoms with van der Waals surface area (Å²) in [7, 11) is 0. The van der Waals surface area contributed by atoms with E-state index >= 15 is 0 Å². The van der Waals surface area contributed by atoms with Gasteiger partial charge in [0.2, 0.25) is 5.91 Å². The first-order valence-corrected chi connectivity index (χ1v) is 11.6. The van der Waals surface area contributed by atoms with E-state index in [-0.39, 0.29) is 18.4 Å². The van der Waals surface area contributed by atoms with Gasteiger partial charge < -0.3 is 9.80 Å². The van der Waals surface area contributed by atoms with Crippen molar-refractivity contribution in [1.29, 1.82) is 0 Å². The average molecular weight is 465 g/mol. The zero-order valence-corrected chi connectivity index (χ0v) is 18.9. The van der Waals surface area contributed by atoms with Gasteiger partial charge in [0.05, 0.1) is 11.3 Å². The molecule has 0 unspecified atom stereocenters. The Morgan fingerprint density at radius 3 is 2.50 bits per heavy atom. The molecule has 2 aliphatic heterocycles. The highest BCUT2D eigenvalue weighted by atomic mass is 35.5. The van der Waals surface area contributed by atoms with Gasteiger partial charge in [-0.3, -0.25) is 14.5 Å². The van der Waals surface area contributed by atoms with Gasteiger partial charge in [-0.05, 0) is 48.5 Å². The number of anilines is 2. The fourth-order valence-electron chi connectivity index (χ4n) is 4.02. The number of benzene rings is 2. The van der Waals surface area contributed by atoms with Crippen molar-refractivity contribution in [3.05, 3.63) is 77.4 Å². The van der Waals surface area contributed by atoms with Crippen LogP contribution in [0.5, 0.6) is 0 Å². The van der Waals surface area contributed by atoms with Crippen LogP contribution in [0.4, 0.5) is 11.4 Å². The lowest BCUT2D eigenvalue weighted by Gasteiger charge is -2.37. The summed E-state index contributed by atoms with van der Waals surface area (Å²) in [6.07, 6.45) is 1.71. The van der Waals surface area contributed by atoms with E-state index in [1.165, 1.54) is 11.8 Å². The number of rotatable bonds is 3. The van der Waals surface area contributed by atoms with Crippen LogP contribution in [0.25, 0.3) is 0 Å². The number of carbonyl (C=O) groups excluding carboxylic acids is 2. The Hall–Kier alpha value is -3.03. The number of piperazine rings is 1. The third kappa shape index (κ3) is 4.06. The summed E-state index contributed by atoms with van der Waals surface area (Å²) in [6.45, 7) is 2.67. The van der Waals surface area contributed by atoms with Gasteiger partial charge in [-0.1, -0.05) is 35.5 Å². The molecule has 5 rings (SSSR count). The summed E-state index contributed by atoms with van der Waals surface area (Å²) >= 11 is 7.45. The van der Waals surface area contributed by atoms with Crippen LogP contribution in [0.15, 0.2) is 76.8 Å². The van der Waals surface area contributed by atoms with Gasteiger partial charge in [0.1, 0.15) is 11.6 Å². The molecular weight excluding hydrogens is 444 g/mol. The van der Waals surface area contributed by atoms with Crippen molar-refractivity contribution in [2.45, 2.75) is 9.92 Å². The topological polar surface area (TPSA) is 56.8 Å². The Labute approximate surface area is 195 Å². The molecule has 2 aromatic carbocycles. The number of amides is 2. The highest BCUT2D eigenvalue weighted by Crippen LogP contribution is 2.39. The van der Waals surface area contributed by atoms with Crippen molar-refractivity contribution in [2.75, 3.05) is 42.5 Å². The molecule has 6 nitrogen and oxygen atoms in total. The van der Waals surface area contributed by atoms with Gasteiger partial charge in [-0.25, -0.2) is 4.98 Å². The molecule has 162 valence electrons. The monoisotopic (exact) mass is 464 g/mol. The second kappa shape index (κ2) is 8.84. The number of pyridine rings is 1. The van der Waals surface area contributed by atoms with Gasteiger partial charge in [0.25, 0.3) is 5.91 Å². The van der Waals surface area contributed by atoms with E-state index in [1.54, 1.807) is 23.2 Å². The predicted octanol–water partition coefficient (Wildman–Crippen LogP) is 4.20. The van der Waals surface area contributed by atoms with Crippen LogP contribution < -0.4 is 9.80 Å². The van der Waals surface area contributed by atoms with Crippen LogP contribution in [0.2, 0.25) is 5.02 Å². The maximum atomic E-state index is 13.4. The molecule has 0 spiro atoms. The fraction of sp³-hybridized carbons (Fsp3) is 0.208. The van der Waals surface area contributed by atoms with Gasteiger partial charge in [0, 0.05) is 48.0 Å². The lowest BCUT2D eigenvalue weighted by molar-refractivity contribution is -0.129. The molecule has 2 amide bonds. The van der Waals surface area contributed by atoms with Crippen LogP contribution in [0, 0.1) is 0 Å². The van der Waals surface area contributed by atoms with Gasteiger partial charge >= 0.3 is 0 Å². The molecule has 0 atom stereocenters. The third-order valence-corrected chi connectivity index (χ3v) is 7.06. The molecule has 3 heterocycles. The summed E-state index contributed by atoms with van der Waals surface area (Å²) in [6, 6.07) is 18.9. The molecule has 3 aromatic rings. The maximum Gasteiger partial charge on any atom is 0.259 e. The molecular formula is C24H21ClN4O2S. The van der Waals surface area contributed by atoms with E-state index < -0.39 is 0 Å². The number of nitrogens with zero attached hydrogens (tertiary/aromatic N) is 4. The van der Waals surface area contributed by atoms with E-state index in [9.17, 15) is 9.59 Å². The van der Waals surface area contributed by atoms with Crippen molar-refractivity contribution in [2.24, 2.45) is 0 Å². The van der Waals surface area contributed by atoms with Crippen LogP contribution in [-0.2, 0) is 4.79 Å².